The Balaban J connectivity index is 1.71. The first-order valence-electron chi connectivity index (χ1n) is 5.56. The average Bonchev–Trinajstić information content (AvgIpc) is 2.77. The van der Waals surface area contributed by atoms with Gasteiger partial charge in [-0.25, -0.2) is 0 Å². The first-order chi connectivity index (χ1) is 7.92. The molecular weight excluding hydrogens is 200 g/mol. The van der Waals surface area contributed by atoms with Gasteiger partial charge in [-0.3, -0.25) is 4.90 Å². The molecule has 3 rings (SSSR count). The van der Waals surface area contributed by atoms with Crippen molar-refractivity contribution < 1.29 is 0 Å². The van der Waals surface area contributed by atoms with E-state index in [9.17, 15) is 0 Å². The summed E-state index contributed by atoms with van der Waals surface area (Å²) in [4.78, 5) is 2.40. The highest BCUT2D eigenvalue weighted by Gasteiger charge is 2.19. The van der Waals surface area contributed by atoms with Crippen LogP contribution in [0, 0.1) is 0 Å². The van der Waals surface area contributed by atoms with Crippen LogP contribution >= 0.6 is 0 Å². The molecule has 0 fully saturated rings. The van der Waals surface area contributed by atoms with Gasteiger partial charge in [0.15, 0.2) is 0 Å². The predicted molar refractivity (Wildman–Crippen MR) is 60.6 cm³/mol. The van der Waals surface area contributed by atoms with E-state index < -0.39 is 0 Å². The van der Waals surface area contributed by atoms with Crippen molar-refractivity contribution in [3.05, 3.63) is 47.3 Å². The quantitative estimate of drug-likeness (QED) is 0.821. The van der Waals surface area contributed by atoms with Crippen molar-refractivity contribution in [2.45, 2.75) is 19.5 Å². The molecule has 0 aliphatic carbocycles. The van der Waals surface area contributed by atoms with Crippen LogP contribution in [-0.4, -0.2) is 26.9 Å². The number of H-pyrrole nitrogens is 1. The van der Waals surface area contributed by atoms with Crippen molar-refractivity contribution >= 4 is 0 Å². The van der Waals surface area contributed by atoms with E-state index in [4.69, 9.17) is 0 Å². The molecule has 1 N–H and O–H groups in total. The van der Waals surface area contributed by atoms with Crippen LogP contribution in [0.1, 0.15) is 17.0 Å². The zero-order chi connectivity index (χ0) is 10.8. The van der Waals surface area contributed by atoms with Crippen molar-refractivity contribution in [1.29, 1.82) is 0 Å². The third-order valence-electron chi connectivity index (χ3n) is 2.99. The fraction of sp³-hybridized carbons (Fsp3) is 0.333. The second-order valence-corrected chi connectivity index (χ2v) is 4.16. The lowest BCUT2D eigenvalue weighted by Crippen LogP contribution is -2.30. The van der Waals surface area contributed by atoms with Crippen LogP contribution in [0.5, 0.6) is 0 Å². The highest BCUT2D eigenvalue weighted by molar-refractivity contribution is 5.16. The van der Waals surface area contributed by atoms with Gasteiger partial charge in [0.25, 0.3) is 0 Å². The van der Waals surface area contributed by atoms with Crippen LogP contribution < -0.4 is 0 Å². The number of rotatable bonds is 2. The van der Waals surface area contributed by atoms with Gasteiger partial charge in [0.2, 0.25) is 0 Å². The molecule has 0 atom stereocenters. The Bertz CT molecular complexity index is 463. The van der Waals surface area contributed by atoms with Crippen LogP contribution in [0.3, 0.4) is 0 Å². The van der Waals surface area contributed by atoms with Gasteiger partial charge >= 0.3 is 0 Å². The van der Waals surface area contributed by atoms with Crippen molar-refractivity contribution in [3.8, 4) is 0 Å². The molecule has 1 aliphatic heterocycles. The fourth-order valence-electron chi connectivity index (χ4n) is 2.13. The molecule has 2 aromatic rings. The fourth-order valence-corrected chi connectivity index (χ4v) is 2.13. The van der Waals surface area contributed by atoms with Gasteiger partial charge in [0.05, 0.1) is 11.4 Å². The summed E-state index contributed by atoms with van der Waals surface area (Å²) in [6.07, 6.45) is 0.999. The highest BCUT2D eigenvalue weighted by Crippen LogP contribution is 2.16. The molecule has 0 spiro atoms. The minimum atomic E-state index is 0.903. The molecule has 0 amide bonds. The van der Waals surface area contributed by atoms with Crippen molar-refractivity contribution in [2.24, 2.45) is 0 Å². The summed E-state index contributed by atoms with van der Waals surface area (Å²) in [6.45, 7) is 2.96. The normalized spacial score (nSPS) is 16.0. The Hall–Kier alpha value is -1.68. The molecule has 0 bridgehead atoms. The molecule has 0 unspecified atom stereocenters. The second kappa shape index (κ2) is 4.06. The highest BCUT2D eigenvalue weighted by atomic mass is 15.3. The van der Waals surface area contributed by atoms with Gasteiger partial charge in [0, 0.05) is 26.1 Å². The Morgan fingerprint density at radius 2 is 1.94 bits per heavy atom. The number of aromatic amines is 1. The smallest absolute Gasteiger partial charge is 0.0997 e. The van der Waals surface area contributed by atoms with Crippen LogP contribution in [0.2, 0.25) is 0 Å². The van der Waals surface area contributed by atoms with Gasteiger partial charge in [-0.05, 0) is 5.56 Å². The second-order valence-electron chi connectivity index (χ2n) is 4.16. The Morgan fingerprint density at radius 3 is 2.81 bits per heavy atom. The Labute approximate surface area is 94.3 Å². The summed E-state index contributed by atoms with van der Waals surface area (Å²) in [6, 6.07) is 10.5. The molecule has 0 radical (unpaired) electrons. The van der Waals surface area contributed by atoms with Crippen molar-refractivity contribution in [1.82, 2.24) is 20.3 Å². The van der Waals surface area contributed by atoms with Crippen LogP contribution in [0.15, 0.2) is 30.3 Å². The lowest BCUT2D eigenvalue weighted by molar-refractivity contribution is 0.241. The molecule has 1 aromatic heterocycles. The zero-order valence-corrected chi connectivity index (χ0v) is 9.06. The number of fused-ring (bicyclic) bond motifs is 1. The summed E-state index contributed by atoms with van der Waals surface area (Å²) in [5.41, 5.74) is 3.58. The van der Waals surface area contributed by atoms with Crippen LogP contribution in [0.25, 0.3) is 0 Å². The predicted octanol–water partition coefficient (Wildman–Crippen LogP) is 1.36. The number of aromatic nitrogens is 3. The van der Waals surface area contributed by atoms with Gasteiger partial charge in [-0.1, -0.05) is 30.3 Å². The molecule has 2 heterocycles. The van der Waals surface area contributed by atoms with E-state index in [1.807, 2.05) is 0 Å². The van der Waals surface area contributed by atoms with Crippen LogP contribution in [0.4, 0.5) is 0 Å². The van der Waals surface area contributed by atoms with E-state index in [1.54, 1.807) is 0 Å². The zero-order valence-electron chi connectivity index (χ0n) is 9.06. The van der Waals surface area contributed by atoms with Gasteiger partial charge in [0.1, 0.15) is 0 Å². The van der Waals surface area contributed by atoms with Gasteiger partial charge < -0.3 is 0 Å². The summed E-state index contributed by atoms with van der Waals surface area (Å²) in [5, 5.41) is 11.0. The maximum Gasteiger partial charge on any atom is 0.0997 e. The maximum atomic E-state index is 4.17. The van der Waals surface area contributed by atoms with E-state index in [0.717, 1.165) is 37.4 Å². The number of nitrogens with one attached hydrogen (secondary N) is 1. The molecule has 1 aliphatic rings. The number of benzene rings is 1. The standard InChI is InChI=1S/C12H14N4/c1-2-4-10(5-3-1)8-16-7-6-11-12(9-16)14-15-13-11/h1-5H,6-9H2,(H,13,14,15). The third-order valence-corrected chi connectivity index (χ3v) is 2.99. The number of nitrogens with zero attached hydrogens (tertiary/aromatic N) is 3. The molecule has 82 valence electrons. The molecule has 0 saturated heterocycles. The van der Waals surface area contributed by atoms with Crippen LogP contribution in [-0.2, 0) is 19.5 Å². The lowest BCUT2D eigenvalue weighted by Gasteiger charge is -2.24. The van der Waals surface area contributed by atoms with E-state index in [-0.39, 0.29) is 0 Å². The number of hydrogen-bond acceptors (Lipinski definition) is 3. The Kier molecular flexibility index (Phi) is 2.42. The first-order valence-corrected chi connectivity index (χ1v) is 5.56. The largest absolute Gasteiger partial charge is 0.293 e. The molecule has 4 nitrogen and oxygen atoms in total. The van der Waals surface area contributed by atoms with Gasteiger partial charge in [-0.2, -0.15) is 15.4 Å². The summed E-state index contributed by atoms with van der Waals surface area (Å²) < 4.78 is 0. The summed E-state index contributed by atoms with van der Waals surface area (Å²) in [5.74, 6) is 0. The van der Waals surface area contributed by atoms with Crippen molar-refractivity contribution in [2.75, 3.05) is 6.54 Å². The Morgan fingerprint density at radius 1 is 1.12 bits per heavy atom. The van der Waals surface area contributed by atoms with E-state index in [0.29, 0.717) is 0 Å². The lowest BCUT2D eigenvalue weighted by atomic mass is 10.1. The molecule has 16 heavy (non-hydrogen) atoms. The topological polar surface area (TPSA) is 44.8 Å². The molecule has 1 aromatic carbocycles. The summed E-state index contributed by atoms with van der Waals surface area (Å²) in [7, 11) is 0. The minimum Gasteiger partial charge on any atom is -0.293 e. The van der Waals surface area contributed by atoms with E-state index in [2.05, 4.69) is 50.6 Å². The van der Waals surface area contributed by atoms with E-state index >= 15 is 0 Å². The molecule has 0 saturated carbocycles. The van der Waals surface area contributed by atoms with Gasteiger partial charge in [-0.15, -0.1) is 0 Å². The third kappa shape index (κ3) is 1.84. The average molecular weight is 214 g/mol. The number of hydrogen-bond donors (Lipinski definition) is 1. The monoisotopic (exact) mass is 214 g/mol. The first kappa shape index (κ1) is 9.54. The SMILES string of the molecule is c1ccc(CN2CCc3n[nH]nc3C2)cc1. The summed E-state index contributed by atoms with van der Waals surface area (Å²) >= 11 is 0. The maximum absolute atomic E-state index is 4.17. The van der Waals surface area contributed by atoms with E-state index in [1.165, 1.54) is 5.56 Å². The molecule has 4 heteroatoms. The molecular formula is C12H14N4. The van der Waals surface area contributed by atoms with Crippen molar-refractivity contribution in [3.63, 3.8) is 0 Å². The minimum absolute atomic E-state index is 0.903.